The van der Waals surface area contributed by atoms with Crippen molar-refractivity contribution >= 4 is 17.7 Å². The van der Waals surface area contributed by atoms with Gasteiger partial charge < -0.3 is 5.11 Å². The number of rotatable bonds is 6. The first-order valence-electron chi connectivity index (χ1n) is 5.01. The number of carboxylic acids is 1. The third-order valence-corrected chi connectivity index (χ3v) is 3.17. The summed E-state index contributed by atoms with van der Waals surface area (Å²) in [5.41, 5.74) is 1.72. The molecule has 0 saturated carbocycles. The Morgan fingerprint density at radius 1 is 1.44 bits per heavy atom. The van der Waals surface area contributed by atoms with Gasteiger partial charge in [-0.1, -0.05) is 18.2 Å². The maximum atomic E-state index is 10.3. The third kappa shape index (κ3) is 4.37. The van der Waals surface area contributed by atoms with E-state index in [2.05, 4.69) is 6.07 Å². The van der Waals surface area contributed by atoms with Gasteiger partial charge in [0, 0.05) is 12.2 Å². The van der Waals surface area contributed by atoms with Crippen molar-refractivity contribution in [2.75, 3.05) is 5.75 Å². The van der Waals surface area contributed by atoms with Crippen LogP contribution in [0.25, 0.3) is 0 Å². The van der Waals surface area contributed by atoms with E-state index in [0.717, 1.165) is 17.1 Å². The second kappa shape index (κ2) is 6.91. The first-order chi connectivity index (χ1) is 7.74. The normalized spacial score (nSPS) is 9.69. The molecule has 1 N–H and O–H groups in total. The van der Waals surface area contributed by atoms with Crippen molar-refractivity contribution in [3.8, 4) is 6.07 Å². The van der Waals surface area contributed by atoms with Crippen LogP contribution in [-0.2, 0) is 10.5 Å². The highest BCUT2D eigenvalue weighted by molar-refractivity contribution is 7.98. The fraction of sp³-hybridized carbons (Fsp3) is 0.333. The SMILES string of the molecule is N#Cc1ccccc1CSCCCC(=O)O. The minimum Gasteiger partial charge on any atom is -0.481 e. The van der Waals surface area contributed by atoms with Crippen LogP contribution in [0.15, 0.2) is 24.3 Å². The number of hydrogen-bond donors (Lipinski definition) is 1. The van der Waals surface area contributed by atoms with Crippen molar-refractivity contribution in [1.29, 1.82) is 5.26 Å². The molecule has 1 aromatic rings. The maximum Gasteiger partial charge on any atom is 0.303 e. The molecule has 0 radical (unpaired) electrons. The lowest BCUT2D eigenvalue weighted by molar-refractivity contribution is -0.137. The Morgan fingerprint density at radius 2 is 2.19 bits per heavy atom. The van der Waals surface area contributed by atoms with Gasteiger partial charge in [0.05, 0.1) is 11.6 Å². The quantitative estimate of drug-likeness (QED) is 0.770. The summed E-state index contributed by atoms with van der Waals surface area (Å²) in [6, 6.07) is 9.63. The predicted octanol–water partition coefficient (Wildman–Crippen LogP) is 2.66. The van der Waals surface area contributed by atoms with Crippen molar-refractivity contribution in [1.82, 2.24) is 0 Å². The van der Waals surface area contributed by atoms with E-state index < -0.39 is 5.97 Å². The van der Waals surface area contributed by atoms with Crippen molar-refractivity contribution in [2.45, 2.75) is 18.6 Å². The lowest BCUT2D eigenvalue weighted by Gasteiger charge is -2.02. The molecule has 0 aromatic heterocycles. The Labute approximate surface area is 99.1 Å². The third-order valence-electron chi connectivity index (χ3n) is 2.07. The van der Waals surface area contributed by atoms with Crippen molar-refractivity contribution in [3.05, 3.63) is 35.4 Å². The monoisotopic (exact) mass is 235 g/mol. The summed E-state index contributed by atoms with van der Waals surface area (Å²) < 4.78 is 0. The Bertz CT molecular complexity index is 398. The number of nitrogens with zero attached hydrogens (tertiary/aromatic N) is 1. The molecule has 84 valence electrons. The van der Waals surface area contributed by atoms with Crippen molar-refractivity contribution in [2.24, 2.45) is 0 Å². The topological polar surface area (TPSA) is 61.1 Å². The first kappa shape index (κ1) is 12.6. The zero-order valence-corrected chi connectivity index (χ0v) is 9.67. The van der Waals surface area contributed by atoms with Crippen LogP contribution in [0.4, 0.5) is 0 Å². The molecule has 1 aromatic carbocycles. The van der Waals surface area contributed by atoms with Crippen LogP contribution in [0.1, 0.15) is 24.0 Å². The summed E-state index contributed by atoms with van der Waals surface area (Å²) in [5.74, 6) is 0.827. The highest BCUT2D eigenvalue weighted by atomic mass is 32.2. The zero-order valence-electron chi connectivity index (χ0n) is 8.85. The molecule has 0 heterocycles. The highest BCUT2D eigenvalue weighted by Gasteiger charge is 2.01. The van der Waals surface area contributed by atoms with Crippen LogP contribution in [0.3, 0.4) is 0 Å². The Hall–Kier alpha value is -1.47. The van der Waals surface area contributed by atoms with Crippen LogP contribution in [-0.4, -0.2) is 16.8 Å². The van der Waals surface area contributed by atoms with Gasteiger partial charge in [-0.25, -0.2) is 0 Å². The number of aliphatic carboxylic acids is 1. The molecule has 0 aliphatic rings. The lowest BCUT2D eigenvalue weighted by Crippen LogP contribution is -1.95. The predicted molar refractivity (Wildman–Crippen MR) is 64.2 cm³/mol. The summed E-state index contributed by atoms with van der Waals surface area (Å²) in [5, 5.41) is 17.3. The number of thioether (sulfide) groups is 1. The van der Waals surface area contributed by atoms with Crippen LogP contribution >= 0.6 is 11.8 Å². The molecule has 0 atom stereocenters. The molecular weight excluding hydrogens is 222 g/mol. The molecule has 0 amide bonds. The van der Waals surface area contributed by atoms with E-state index in [0.29, 0.717) is 12.0 Å². The van der Waals surface area contributed by atoms with E-state index in [-0.39, 0.29) is 6.42 Å². The molecule has 3 nitrogen and oxygen atoms in total. The van der Waals surface area contributed by atoms with Gasteiger partial charge in [0.25, 0.3) is 0 Å². The van der Waals surface area contributed by atoms with E-state index in [1.54, 1.807) is 17.8 Å². The largest absolute Gasteiger partial charge is 0.481 e. The minimum absolute atomic E-state index is 0.215. The van der Waals surface area contributed by atoms with Gasteiger partial charge in [0.1, 0.15) is 0 Å². The number of nitriles is 1. The molecule has 4 heteroatoms. The van der Waals surface area contributed by atoms with Crippen LogP contribution < -0.4 is 0 Å². The van der Waals surface area contributed by atoms with Gasteiger partial charge in [-0.3, -0.25) is 4.79 Å². The first-order valence-corrected chi connectivity index (χ1v) is 6.17. The van der Waals surface area contributed by atoms with Gasteiger partial charge in [-0.15, -0.1) is 0 Å². The number of carbonyl (C=O) groups is 1. The van der Waals surface area contributed by atoms with Crippen LogP contribution in [0.5, 0.6) is 0 Å². The second-order valence-corrected chi connectivity index (χ2v) is 4.42. The number of hydrogen-bond acceptors (Lipinski definition) is 3. The Kier molecular flexibility index (Phi) is 5.44. The van der Waals surface area contributed by atoms with E-state index in [1.807, 2.05) is 18.2 Å². The number of benzene rings is 1. The Morgan fingerprint density at radius 3 is 2.88 bits per heavy atom. The average Bonchev–Trinajstić information content (AvgIpc) is 2.29. The molecule has 0 unspecified atom stereocenters. The van der Waals surface area contributed by atoms with Gasteiger partial charge >= 0.3 is 5.97 Å². The molecule has 0 spiro atoms. The minimum atomic E-state index is -0.752. The fourth-order valence-electron chi connectivity index (χ4n) is 1.26. The maximum absolute atomic E-state index is 10.3. The molecule has 0 aliphatic carbocycles. The van der Waals surface area contributed by atoms with E-state index in [1.165, 1.54) is 0 Å². The summed E-state index contributed by atoms with van der Waals surface area (Å²) in [6.45, 7) is 0. The molecule has 0 fully saturated rings. The van der Waals surface area contributed by atoms with Crippen molar-refractivity contribution in [3.63, 3.8) is 0 Å². The lowest BCUT2D eigenvalue weighted by atomic mass is 10.1. The molecule has 1 rings (SSSR count). The molecular formula is C12H13NO2S. The molecule has 16 heavy (non-hydrogen) atoms. The van der Waals surface area contributed by atoms with Gasteiger partial charge in [-0.05, 0) is 23.8 Å². The number of carboxylic acid groups (broad SMARTS) is 1. The standard InChI is InChI=1S/C12H13NO2S/c13-8-10-4-1-2-5-11(10)9-16-7-3-6-12(14)15/h1-2,4-5H,3,6-7,9H2,(H,14,15). The zero-order chi connectivity index (χ0) is 11.8. The van der Waals surface area contributed by atoms with Gasteiger partial charge in [-0.2, -0.15) is 17.0 Å². The van der Waals surface area contributed by atoms with Crippen LogP contribution in [0, 0.1) is 11.3 Å². The van der Waals surface area contributed by atoms with Crippen LogP contribution in [0.2, 0.25) is 0 Å². The second-order valence-electron chi connectivity index (χ2n) is 3.32. The smallest absolute Gasteiger partial charge is 0.303 e. The summed E-state index contributed by atoms with van der Waals surface area (Å²) in [7, 11) is 0. The molecule has 0 bridgehead atoms. The Balaban J connectivity index is 2.32. The van der Waals surface area contributed by atoms with E-state index in [4.69, 9.17) is 10.4 Å². The molecule has 0 saturated heterocycles. The molecule has 0 aliphatic heterocycles. The fourth-order valence-corrected chi connectivity index (χ4v) is 2.23. The highest BCUT2D eigenvalue weighted by Crippen LogP contribution is 2.16. The van der Waals surface area contributed by atoms with Gasteiger partial charge in [0.2, 0.25) is 0 Å². The summed E-state index contributed by atoms with van der Waals surface area (Å²) in [4.78, 5) is 10.3. The average molecular weight is 235 g/mol. The van der Waals surface area contributed by atoms with E-state index >= 15 is 0 Å². The van der Waals surface area contributed by atoms with Crippen molar-refractivity contribution < 1.29 is 9.90 Å². The van der Waals surface area contributed by atoms with Gasteiger partial charge in [0.15, 0.2) is 0 Å². The van der Waals surface area contributed by atoms with E-state index in [9.17, 15) is 4.79 Å². The summed E-state index contributed by atoms with van der Waals surface area (Å²) >= 11 is 1.66. The summed E-state index contributed by atoms with van der Waals surface area (Å²) in [6.07, 6.45) is 0.890.